The summed E-state index contributed by atoms with van der Waals surface area (Å²) in [7, 11) is 0. The second kappa shape index (κ2) is 6.08. The van der Waals surface area contributed by atoms with E-state index in [1.54, 1.807) is 12.1 Å². The minimum atomic E-state index is 0.00211. The monoisotopic (exact) mass is 338 g/mol. The minimum Gasteiger partial charge on any atom is -0.489 e. The number of benzene rings is 2. The molecule has 0 heterocycles. The van der Waals surface area contributed by atoms with E-state index >= 15 is 0 Å². The molecule has 19 heavy (non-hydrogen) atoms. The molecule has 0 radical (unpaired) electrons. The molecule has 2 aromatic rings. The molecule has 0 amide bonds. The van der Waals surface area contributed by atoms with E-state index in [0.29, 0.717) is 17.2 Å². The van der Waals surface area contributed by atoms with Crippen LogP contribution in [0.4, 0.5) is 0 Å². The standard InChI is InChI=1S/C14H12BrClN2O/c15-11-3-5-12(6-4-11)19-8-10-2-1-9(14(17)18)7-13(10)16/h1-7H,8H2,(H3,17,18). The Bertz CT molecular complexity index is 599. The Morgan fingerprint density at radius 3 is 2.47 bits per heavy atom. The first kappa shape index (κ1) is 13.9. The van der Waals surface area contributed by atoms with Gasteiger partial charge < -0.3 is 10.5 Å². The summed E-state index contributed by atoms with van der Waals surface area (Å²) >= 11 is 9.49. The van der Waals surface area contributed by atoms with Crippen molar-refractivity contribution in [1.82, 2.24) is 0 Å². The van der Waals surface area contributed by atoms with E-state index in [-0.39, 0.29) is 5.84 Å². The molecule has 0 aromatic heterocycles. The van der Waals surface area contributed by atoms with Gasteiger partial charge in [0.15, 0.2) is 0 Å². The van der Waals surface area contributed by atoms with Crippen LogP contribution in [0, 0.1) is 5.41 Å². The molecular weight excluding hydrogens is 328 g/mol. The zero-order chi connectivity index (χ0) is 13.8. The van der Waals surface area contributed by atoms with Gasteiger partial charge in [0.05, 0.1) is 0 Å². The third-order valence-corrected chi connectivity index (χ3v) is 3.45. The lowest BCUT2D eigenvalue weighted by molar-refractivity contribution is 0.306. The fourth-order valence-corrected chi connectivity index (χ4v) is 2.02. The summed E-state index contributed by atoms with van der Waals surface area (Å²) in [5.41, 5.74) is 6.87. The van der Waals surface area contributed by atoms with Crippen molar-refractivity contribution >= 4 is 33.4 Å². The van der Waals surface area contributed by atoms with Gasteiger partial charge >= 0.3 is 0 Å². The number of rotatable bonds is 4. The van der Waals surface area contributed by atoms with Crippen LogP contribution in [0.5, 0.6) is 5.75 Å². The number of nitrogens with one attached hydrogen (secondary N) is 1. The number of hydrogen-bond acceptors (Lipinski definition) is 2. The van der Waals surface area contributed by atoms with Gasteiger partial charge in [-0.05, 0) is 30.3 Å². The van der Waals surface area contributed by atoms with Crippen LogP contribution >= 0.6 is 27.5 Å². The molecule has 2 rings (SSSR count). The van der Waals surface area contributed by atoms with E-state index in [4.69, 9.17) is 27.5 Å². The number of nitrogens with two attached hydrogens (primary N) is 1. The quantitative estimate of drug-likeness (QED) is 0.654. The minimum absolute atomic E-state index is 0.00211. The molecule has 98 valence electrons. The number of hydrogen-bond donors (Lipinski definition) is 2. The zero-order valence-electron chi connectivity index (χ0n) is 9.99. The maximum absolute atomic E-state index is 7.34. The van der Waals surface area contributed by atoms with Gasteiger partial charge in [0.2, 0.25) is 0 Å². The first-order valence-corrected chi connectivity index (χ1v) is 6.74. The van der Waals surface area contributed by atoms with Crippen molar-refractivity contribution in [3.8, 4) is 5.75 Å². The molecular formula is C14H12BrClN2O. The second-order valence-electron chi connectivity index (χ2n) is 3.96. The lowest BCUT2D eigenvalue weighted by Crippen LogP contribution is -2.11. The topological polar surface area (TPSA) is 59.1 Å². The Morgan fingerprint density at radius 1 is 1.21 bits per heavy atom. The molecule has 0 spiro atoms. The Hall–Kier alpha value is -1.52. The predicted octanol–water partition coefficient (Wildman–Crippen LogP) is 3.97. The van der Waals surface area contributed by atoms with E-state index in [0.717, 1.165) is 15.8 Å². The molecule has 0 bridgehead atoms. The Kier molecular flexibility index (Phi) is 4.45. The van der Waals surface area contributed by atoms with Crippen molar-refractivity contribution < 1.29 is 4.74 Å². The Morgan fingerprint density at radius 2 is 1.89 bits per heavy atom. The number of halogens is 2. The molecule has 0 aliphatic heterocycles. The van der Waals surface area contributed by atoms with Crippen LogP contribution < -0.4 is 10.5 Å². The van der Waals surface area contributed by atoms with Gasteiger partial charge in [-0.3, -0.25) is 5.41 Å². The molecule has 3 N–H and O–H groups in total. The van der Waals surface area contributed by atoms with E-state index in [2.05, 4.69) is 15.9 Å². The molecule has 0 saturated heterocycles. The molecule has 0 unspecified atom stereocenters. The van der Waals surface area contributed by atoms with E-state index in [9.17, 15) is 0 Å². The molecule has 0 saturated carbocycles. The van der Waals surface area contributed by atoms with Gasteiger partial charge in [-0.25, -0.2) is 0 Å². The highest BCUT2D eigenvalue weighted by Gasteiger charge is 2.05. The van der Waals surface area contributed by atoms with Crippen LogP contribution in [0.1, 0.15) is 11.1 Å². The van der Waals surface area contributed by atoms with Crippen molar-refractivity contribution in [1.29, 1.82) is 5.41 Å². The first-order chi connectivity index (χ1) is 9.06. The second-order valence-corrected chi connectivity index (χ2v) is 5.29. The van der Waals surface area contributed by atoms with Crippen LogP contribution in [-0.4, -0.2) is 5.84 Å². The summed E-state index contributed by atoms with van der Waals surface area (Å²) in [6, 6.07) is 12.8. The third kappa shape index (κ3) is 3.72. The fraction of sp³-hybridized carbons (Fsp3) is 0.0714. The van der Waals surface area contributed by atoms with Crippen LogP contribution in [0.2, 0.25) is 5.02 Å². The third-order valence-electron chi connectivity index (χ3n) is 2.57. The van der Waals surface area contributed by atoms with Crippen molar-refractivity contribution in [3.05, 3.63) is 63.1 Å². The maximum atomic E-state index is 7.34. The molecule has 0 fully saturated rings. The first-order valence-electron chi connectivity index (χ1n) is 5.57. The molecule has 3 nitrogen and oxygen atoms in total. The van der Waals surface area contributed by atoms with E-state index in [1.807, 2.05) is 30.3 Å². The van der Waals surface area contributed by atoms with Gasteiger partial charge in [-0.15, -0.1) is 0 Å². The summed E-state index contributed by atoms with van der Waals surface area (Å²) in [5, 5.41) is 7.89. The van der Waals surface area contributed by atoms with Crippen molar-refractivity contribution in [2.45, 2.75) is 6.61 Å². The SMILES string of the molecule is N=C(N)c1ccc(COc2ccc(Br)cc2)c(Cl)c1. The smallest absolute Gasteiger partial charge is 0.122 e. The molecule has 2 aromatic carbocycles. The molecule has 0 atom stereocenters. The summed E-state index contributed by atoms with van der Waals surface area (Å²) in [5.74, 6) is 0.775. The lowest BCUT2D eigenvalue weighted by atomic mass is 10.1. The van der Waals surface area contributed by atoms with Gasteiger partial charge in [-0.2, -0.15) is 0 Å². The summed E-state index contributed by atoms with van der Waals surface area (Å²) in [4.78, 5) is 0. The Balaban J connectivity index is 2.07. The highest BCUT2D eigenvalue weighted by molar-refractivity contribution is 9.10. The van der Waals surface area contributed by atoms with Gasteiger partial charge in [0.1, 0.15) is 18.2 Å². The normalized spacial score (nSPS) is 10.2. The average molecular weight is 340 g/mol. The van der Waals surface area contributed by atoms with Crippen molar-refractivity contribution in [2.24, 2.45) is 5.73 Å². The van der Waals surface area contributed by atoms with Crippen LogP contribution in [0.25, 0.3) is 0 Å². The van der Waals surface area contributed by atoms with Gasteiger partial charge in [0.25, 0.3) is 0 Å². The van der Waals surface area contributed by atoms with Gasteiger partial charge in [0, 0.05) is 20.6 Å². The summed E-state index contributed by atoms with van der Waals surface area (Å²) in [6.07, 6.45) is 0. The largest absolute Gasteiger partial charge is 0.489 e. The number of ether oxygens (including phenoxy) is 1. The number of nitrogen functional groups attached to an aromatic ring is 1. The van der Waals surface area contributed by atoms with Gasteiger partial charge in [-0.1, -0.05) is 39.7 Å². The Labute approximate surface area is 125 Å². The molecule has 5 heteroatoms. The number of amidine groups is 1. The summed E-state index contributed by atoms with van der Waals surface area (Å²) in [6.45, 7) is 0.374. The zero-order valence-corrected chi connectivity index (χ0v) is 12.3. The molecule has 0 aliphatic carbocycles. The maximum Gasteiger partial charge on any atom is 0.122 e. The van der Waals surface area contributed by atoms with Crippen LogP contribution in [0.3, 0.4) is 0 Å². The van der Waals surface area contributed by atoms with Crippen molar-refractivity contribution in [2.75, 3.05) is 0 Å². The van der Waals surface area contributed by atoms with Crippen LogP contribution in [-0.2, 0) is 6.61 Å². The average Bonchev–Trinajstić information content (AvgIpc) is 2.39. The highest BCUT2D eigenvalue weighted by atomic mass is 79.9. The summed E-state index contributed by atoms with van der Waals surface area (Å²) < 4.78 is 6.64. The predicted molar refractivity (Wildman–Crippen MR) is 80.9 cm³/mol. The lowest BCUT2D eigenvalue weighted by Gasteiger charge is -2.09. The van der Waals surface area contributed by atoms with Crippen molar-refractivity contribution in [3.63, 3.8) is 0 Å². The molecule has 0 aliphatic rings. The van der Waals surface area contributed by atoms with E-state index < -0.39 is 0 Å². The fourth-order valence-electron chi connectivity index (χ4n) is 1.52. The highest BCUT2D eigenvalue weighted by Crippen LogP contribution is 2.21. The van der Waals surface area contributed by atoms with E-state index in [1.165, 1.54) is 0 Å². The van der Waals surface area contributed by atoms with Crippen LogP contribution in [0.15, 0.2) is 46.9 Å².